The molecule has 5 atom stereocenters. The number of aliphatic hydroxyl groups excluding tert-OH is 1. The second-order valence-corrected chi connectivity index (χ2v) is 30.0. The van der Waals surface area contributed by atoms with Gasteiger partial charge in [0.25, 0.3) is 11.8 Å². The first-order valence-corrected chi connectivity index (χ1v) is 37.4. The predicted octanol–water partition coefficient (Wildman–Crippen LogP) is 11.7. The van der Waals surface area contributed by atoms with E-state index in [1.165, 1.54) is 31.9 Å². The molecule has 6 heterocycles. The Morgan fingerprint density at radius 3 is 2.08 bits per heavy atom. The van der Waals surface area contributed by atoms with Crippen LogP contribution in [-0.2, 0) is 59.5 Å². The summed E-state index contributed by atoms with van der Waals surface area (Å²) in [6.45, 7) is 11.6. The number of hydrogen-bond donors (Lipinski definition) is 3. The molecule has 7 aromatic rings. The number of Topliss-reactive ketones (excluding diaryl/α,β-unsaturated/α-hetero) is 3. The smallest absolute Gasteiger partial charge is 0.416 e. The maximum Gasteiger partial charge on any atom is 0.416 e. The first-order valence-electron chi connectivity index (χ1n) is 37.4. The van der Waals surface area contributed by atoms with Gasteiger partial charge in [0.15, 0.2) is 40.8 Å². The summed E-state index contributed by atoms with van der Waals surface area (Å²) in [5.74, 6) is -2.49. The number of ether oxygens (including phenoxy) is 5. The molecule has 24 heteroatoms. The molecule has 1 spiro atoms. The lowest BCUT2D eigenvalue weighted by molar-refractivity contribution is -0.133. The molecule has 6 aliphatic rings. The lowest BCUT2D eigenvalue weighted by Gasteiger charge is -2.31. The van der Waals surface area contributed by atoms with Gasteiger partial charge in [0.05, 0.1) is 75.2 Å². The van der Waals surface area contributed by atoms with E-state index in [4.69, 9.17) is 23.7 Å². The van der Waals surface area contributed by atoms with E-state index in [0.29, 0.717) is 59.7 Å². The van der Waals surface area contributed by atoms with Gasteiger partial charge in [-0.2, -0.15) is 0 Å². The van der Waals surface area contributed by atoms with E-state index in [9.17, 15) is 48.3 Å². The Hall–Kier alpha value is -11.0. The Balaban J connectivity index is 0.569. The van der Waals surface area contributed by atoms with E-state index in [1.54, 1.807) is 60.9 Å². The molecular weight excluding hydrogens is 1370 g/mol. The number of fused-ring (bicyclic) bond motifs is 9. The first kappa shape index (κ1) is 75.2. The van der Waals surface area contributed by atoms with E-state index < -0.39 is 47.9 Å². The minimum absolute atomic E-state index is 0.0142. The Bertz CT molecular complexity index is 4680. The van der Waals surface area contributed by atoms with Gasteiger partial charge in [-0.3, -0.25) is 38.4 Å². The Morgan fingerprint density at radius 2 is 1.38 bits per heavy atom. The number of hydrogen-bond acceptors (Lipinski definition) is 17. The van der Waals surface area contributed by atoms with Gasteiger partial charge in [-0.1, -0.05) is 116 Å². The van der Waals surface area contributed by atoms with E-state index in [2.05, 4.69) is 52.1 Å². The Kier molecular flexibility index (Phi) is 22.4. The van der Waals surface area contributed by atoms with E-state index in [-0.39, 0.29) is 147 Å². The minimum atomic E-state index is -1.48. The van der Waals surface area contributed by atoms with Crippen molar-refractivity contribution < 1.29 is 71.9 Å². The van der Waals surface area contributed by atoms with Crippen molar-refractivity contribution in [2.75, 3.05) is 50.3 Å². The van der Waals surface area contributed by atoms with Crippen molar-refractivity contribution in [2.45, 2.75) is 169 Å². The number of ketones is 3. The summed E-state index contributed by atoms with van der Waals surface area (Å²) in [4.78, 5) is 130. The molecule has 13 rings (SSSR count). The van der Waals surface area contributed by atoms with Crippen molar-refractivity contribution in [3.8, 4) is 45.5 Å². The van der Waals surface area contributed by atoms with E-state index in [0.717, 1.165) is 75.4 Å². The fourth-order valence-corrected chi connectivity index (χ4v) is 15.3. The molecule has 2 fully saturated rings. The Morgan fingerprint density at radius 1 is 0.704 bits per heavy atom. The average Bonchev–Trinajstić information content (AvgIpc) is 1.56. The highest BCUT2D eigenvalue weighted by molar-refractivity contribution is 6.07. The van der Waals surface area contributed by atoms with Crippen molar-refractivity contribution in [3.63, 3.8) is 0 Å². The highest BCUT2D eigenvalue weighted by Crippen LogP contribution is 2.57. The molecule has 3 N–H and O–H groups in total. The van der Waals surface area contributed by atoms with Gasteiger partial charge in [-0.05, 0) is 135 Å². The number of nitrogens with zero attached hydrogens (tertiary/aromatic N) is 7. The van der Waals surface area contributed by atoms with Crippen LogP contribution >= 0.6 is 0 Å². The third-order valence-electron chi connectivity index (χ3n) is 21.8. The number of para-hydroxylation sites is 1. The second kappa shape index (κ2) is 32.2. The number of carbonyl (C=O) groups is 9. The van der Waals surface area contributed by atoms with Gasteiger partial charge in [0.1, 0.15) is 18.1 Å². The van der Waals surface area contributed by atoms with Gasteiger partial charge in [-0.15, -0.1) is 5.10 Å². The highest BCUT2D eigenvalue weighted by atomic mass is 16.6. The molecule has 0 radical (unpaired) electrons. The van der Waals surface area contributed by atoms with Crippen LogP contribution in [0.25, 0.3) is 28.1 Å². The summed E-state index contributed by atoms with van der Waals surface area (Å²) < 4.78 is 31.9. The number of anilines is 2. The molecule has 1 unspecified atom stereocenters. The molecule has 1 saturated carbocycles. The number of benzene rings is 6. The predicted molar refractivity (Wildman–Crippen MR) is 403 cm³/mol. The number of amides is 6. The number of aliphatic hydroxyl groups is 1. The van der Waals surface area contributed by atoms with Crippen molar-refractivity contribution in [1.29, 1.82) is 0 Å². The van der Waals surface area contributed by atoms with Gasteiger partial charge >= 0.3 is 6.09 Å². The number of aryl methyl sites for hydroxylation is 2. The summed E-state index contributed by atoms with van der Waals surface area (Å²) in [5, 5.41) is 26.6. The molecule has 0 bridgehead atoms. The number of rotatable bonds is 28. The summed E-state index contributed by atoms with van der Waals surface area (Å²) in [6.07, 6.45) is 3.72. The van der Waals surface area contributed by atoms with Crippen LogP contribution in [-0.4, -0.2) is 148 Å². The van der Waals surface area contributed by atoms with E-state index >= 15 is 0 Å². The molecule has 108 heavy (non-hydrogen) atoms. The van der Waals surface area contributed by atoms with Crippen LogP contribution in [0.15, 0.2) is 128 Å². The summed E-state index contributed by atoms with van der Waals surface area (Å²) in [6, 6.07) is 35.6. The van der Waals surface area contributed by atoms with Crippen molar-refractivity contribution in [3.05, 3.63) is 172 Å². The molecule has 1 saturated heterocycles. The molecule has 1 aliphatic carbocycles. The molecule has 6 aromatic carbocycles. The van der Waals surface area contributed by atoms with Crippen LogP contribution in [0.1, 0.15) is 165 Å². The average molecular weight is 1470 g/mol. The fourth-order valence-electron chi connectivity index (χ4n) is 15.3. The number of carbonyl (C=O) groups excluding carboxylic acids is 9. The standard InChI is InChI=1S/C84H93N9O15/c1-49(2)64(39-61(95)44-85-75(97)30-28-60(94)29-31-76(98)90-45-57-14-9-10-15-62(57)77-78(93(50(3)4)88-87-77)63-16-11-12-17-67(63)90)79(99)86-52(6)70(96)36-53-20-22-54(23-21-53)47-108-83(103)92-68-42-74(72(105-8)41-66(68)81(101)91-48-84(32-33-84)43-69(91)82(92)102)107-35-13-34-106-73-38-56-26-27-59-37-58(55-24-18-51(5)19-25-55)46-89(59)80(100)65(56)40-71(73)104-7/h9-12,14-25,38,40-42,46,49-50,52,59,64,69,82,102H,13,26-37,39,43-45,47-48H2,1-8H3,(H,85,97)(H,86,99)/t52-,59+,64-,69-,82?/m0/s1. The monoisotopic (exact) mass is 1470 g/mol. The Labute approximate surface area is 628 Å². The van der Waals surface area contributed by atoms with Gasteiger partial charge in [-0.25, -0.2) is 14.4 Å². The van der Waals surface area contributed by atoms with Crippen LogP contribution in [0.4, 0.5) is 16.2 Å². The minimum Gasteiger partial charge on any atom is -0.493 e. The maximum atomic E-state index is 14.5. The lowest BCUT2D eigenvalue weighted by atomic mass is 9.89. The summed E-state index contributed by atoms with van der Waals surface area (Å²) in [7, 11) is 2.99. The molecule has 564 valence electrons. The van der Waals surface area contributed by atoms with Crippen LogP contribution in [0, 0.1) is 24.2 Å². The molecule has 6 amide bonds. The van der Waals surface area contributed by atoms with Crippen LogP contribution in [0.5, 0.6) is 23.0 Å². The third kappa shape index (κ3) is 16.1. The third-order valence-corrected chi connectivity index (χ3v) is 21.8. The lowest BCUT2D eigenvalue weighted by Crippen LogP contribution is -2.50. The maximum absolute atomic E-state index is 14.5. The SMILES string of the molecule is COc1cc2c(cc1OCCCOc1cc3c(cc1OC)C(=O)N1CC4(CC4)C[C@H]1C(O)N3C(=O)OCc1ccc(CC(=O)[C@H](C)NC(=O)[C@@H](CC(=O)CNC(=O)CCC(=O)CCC(=O)N3Cc4ccccc4-c4nnn(C(C)C)c4-c4ccccc43)C(C)C)cc1)CC[C@@H]1CC(c3ccc(C)cc3)=CN1C2=O. The zero-order valence-corrected chi connectivity index (χ0v) is 62.4. The van der Waals surface area contributed by atoms with Crippen LogP contribution in [0.3, 0.4) is 0 Å². The summed E-state index contributed by atoms with van der Waals surface area (Å²) in [5.41, 5.74) is 10.9. The van der Waals surface area contributed by atoms with Crippen molar-refractivity contribution in [1.82, 2.24) is 35.4 Å². The fraction of sp³-hybridized carbons (Fsp3) is 0.417. The molecule has 24 nitrogen and oxygen atoms in total. The van der Waals surface area contributed by atoms with Crippen molar-refractivity contribution in [2.24, 2.45) is 17.3 Å². The van der Waals surface area contributed by atoms with Gasteiger partial charge < -0.3 is 54.1 Å². The molecule has 1 aromatic heterocycles. The normalized spacial score (nSPS) is 17.8. The number of nitrogens with one attached hydrogen (secondary N) is 2. The zero-order chi connectivity index (χ0) is 76.2. The van der Waals surface area contributed by atoms with Crippen LogP contribution in [0.2, 0.25) is 0 Å². The van der Waals surface area contributed by atoms with E-state index in [1.807, 2.05) is 84.2 Å². The largest absolute Gasteiger partial charge is 0.493 e. The molecule has 5 aliphatic heterocycles. The second-order valence-electron chi connectivity index (χ2n) is 30.0. The summed E-state index contributed by atoms with van der Waals surface area (Å²) >= 11 is 0. The quantitative estimate of drug-likeness (QED) is 0.0384. The van der Waals surface area contributed by atoms with Gasteiger partial charge in [0.2, 0.25) is 17.7 Å². The highest BCUT2D eigenvalue weighted by Gasteiger charge is 2.58. The first-order chi connectivity index (χ1) is 52.0. The topological polar surface area (TPSA) is 288 Å². The zero-order valence-electron chi connectivity index (χ0n) is 62.4. The van der Waals surface area contributed by atoms with Crippen molar-refractivity contribution >= 4 is 69.9 Å². The number of aromatic nitrogens is 3. The molecular formula is C84H93N9O15. The van der Waals surface area contributed by atoms with Gasteiger partial charge in [0, 0.05) is 98.4 Å². The van der Waals surface area contributed by atoms with Crippen LogP contribution < -0.4 is 39.4 Å². The number of methoxy groups -OCH3 is 2.